The van der Waals surface area contributed by atoms with Crippen molar-refractivity contribution >= 4 is 40.5 Å². The number of aryl methyl sites for hydroxylation is 1. The summed E-state index contributed by atoms with van der Waals surface area (Å²) in [6.45, 7) is 1.94. The van der Waals surface area contributed by atoms with E-state index in [-0.39, 0.29) is 22.1 Å². The number of benzene rings is 2. The van der Waals surface area contributed by atoms with E-state index in [9.17, 15) is 14.9 Å². The summed E-state index contributed by atoms with van der Waals surface area (Å²) in [7, 11) is 0. The van der Waals surface area contributed by atoms with Gasteiger partial charge >= 0.3 is 0 Å². The van der Waals surface area contributed by atoms with Gasteiger partial charge in [-0.2, -0.15) is 5.10 Å². The topological polar surface area (TPSA) is 102 Å². The normalized spacial score (nSPS) is 10.5. The van der Waals surface area contributed by atoms with Gasteiger partial charge in [0.15, 0.2) is 0 Å². The number of hydrogen-bond donors (Lipinski definition) is 2. The monoisotopic (exact) mass is 419 g/mol. The molecule has 2 aromatic carbocycles. The molecule has 0 unspecified atom stereocenters. The molecule has 3 aromatic rings. The Bertz CT molecular complexity index is 1050. The fourth-order valence-electron chi connectivity index (χ4n) is 2.63. The minimum Gasteiger partial charge on any atom is -0.292 e. The van der Waals surface area contributed by atoms with Gasteiger partial charge in [0.05, 0.1) is 17.2 Å². The smallest absolute Gasteiger partial charge is 0.292 e. The van der Waals surface area contributed by atoms with Crippen LogP contribution in [0.1, 0.15) is 21.6 Å². The van der Waals surface area contributed by atoms with Crippen molar-refractivity contribution in [3.63, 3.8) is 0 Å². The van der Waals surface area contributed by atoms with Crippen molar-refractivity contribution < 1.29 is 9.72 Å². The largest absolute Gasteiger partial charge is 0.294 e. The number of anilines is 1. The number of nitro groups is 1. The SMILES string of the molecule is Cc1nn(Cc2ccccc2Cl)c(Cl)c1C(=O)NNc1ccccc1[N+](=O)[O-]. The molecule has 8 nitrogen and oxygen atoms in total. The van der Waals surface area contributed by atoms with Crippen LogP contribution in [0.4, 0.5) is 11.4 Å². The van der Waals surface area contributed by atoms with Crippen molar-refractivity contribution in [2.45, 2.75) is 13.5 Å². The van der Waals surface area contributed by atoms with E-state index >= 15 is 0 Å². The van der Waals surface area contributed by atoms with Gasteiger partial charge in [-0.1, -0.05) is 53.5 Å². The number of nitrogens with zero attached hydrogens (tertiary/aromatic N) is 3. The van der Waals surface area contributed by atoms with Gasteiger partial charge in [-0.05, 0) is 24.6 Å². The van der Waals surface area contributed by atoms with Crippen molar-refractivity contribution in [2.24, 2.45) is 0 Å². The van der Waals surface area contributed by atoms with Crippen molar-refractivity contribution in [3.05, 3.63) is 85.6 Å². The highest BCUT2D eigenvalue weighted by Crippen LogP contribution is 2.25. The third-order valence-electron chi connectivity index (χ3n) is 3.98. The Hall–Kier alpha value is -3.10. The van der Waals surface area contributed by atoms with Crippen molar-refractivity contribution in [1.29, 1.82) is 0 Å². The lowest BCUT2D eigenvalue weighted by Gasteiger charge is -2.09. The minimum atomic E-state index is -0.564. The lowest BCUT2D eigenvalue weighted by atomic mass is 10.2. The molecular weight excluding hydrogens is 405 g/mol. The van der Waals surface area contributed by atoms with E-state index in [0.717, 1.165) is 5.56 Å². The van der Waals surface area contributed by atoms with E-state index in [0.29, 0.717) is 17.3 Å². The Kier molecular flexibility index (Phi) is 5.81. The quantitative estimate of drug-likeness (QED) is 0.460. The molecule has 0 spiro atoms. The van der Waals surface area contributed by atoms with Gasteiger partial charge in [-0.25, -0.2) is 4.68 Å². The molecule has 0 fully saturated rings. The van der Waals surface area contributed by atoms with E-state index in [1.165, 1.54) is 22.9 Å². The van der Waals surface area contributed by atoms with Crippen LogP contribution >= 0.6 is 23.2 Å². The third kappa shape index (κ3) is 4.08. The number of nitrogens with one attached hydrogen (secondary N) is 2. The van der Waals surface area contributed by atoms with Crippen LogP contribution < -0.4 is 10.9 Å². The van der Waals surface area contributed by atoms with Gasteiger partial charge in [0.25, 0.3) is 11.6 Å². The summed E-state index contributed by atoms with van der Waals surface area (Å²) in [6.07, 6.45) is 0. The summed E-state index contributed by atoms with van der Waals surface area (Å²) in [5.74, 6) is -0.564. The maximum Gasteiger partial charge on any atom is 0.294 e. The highest BCUT2D eigenvalue weighted by Gasteiger charge is 2.21. The molecule has 0 saturated heterocycles. The first-order chi connectivity index (χ1) is 13.4. The highest BCUT2D eigenvalue weighted by molar-refractivity contribution is 6.33. The summed E-state index contributed by atoms with van der Waals surface area (Å²) in [5.41, 5.74) is 6.35. The van der Waals surface area contributed by atoms with Gasteiger partial charge < -0.3 is 0 Å². The van der Waals surface area contributed by atoms with Gasteiger partial charge in [-0.15, -0.1) is 0 Å². The Balaban J connectivity index is 1.79. The van der Waals surface area contributed by atoms with Crippen LogP contribution in [-0.4, -0.2) is 20.6 Å². The molecule has 0 aliphatic carbocycles. The Morgan fingerprint density at radius 2 is 1.86 bits per heavy atom. The molecule has 0 aliphatic heterocycles. The lowest BCUT2D eigenvalue weighted by molar-refractivity contribution is -0.384. The van der Waals surface area contributed by atoms with E-state index in [1.807, 2.05) is 18.2 Å². The molecule has 0 atom stereocenters. The molecular formula is C18H15Cl2N5O3. The van der Waals surface area contributed by atoms with Crippen molar-refractivity contribution in [1.82, 2.24) is 15.2 Å². The average Bonchev–Trinajstić information content (AvgIpc) is 2.95. The van der Waals surface area contributed by atoms with Crippen LogP contribution in [0, 0.1) is 17.0 Å². The zero-order chi connectivity index (χ0) is 20.3. The summed E-state index contributed by atoms with van der Waals surface area (Å²) in [5, 5.41) is 16.1. The van der Waals surface area contributed by atoms with Gasteiger partial charge in [0, 0.05) is 11.1 Å². The third-order valence-corrected chi connectivity index (χ3v) is 4.73. The lowest BCUT2D eigenvalue weighted by Crippen LogP contribution is -2.30. The first kappa shape index (κ1) is 19.7. The maximum absolute atomic E-state index is 12.6. The summed E-state index contributed by atoms with van der Waals surface area (Å²) in [6, 6.07) is 13.2. The van der Waals surface area contributed by atoms with Crippen LogP contribution in [0.5, 0.6) is 0 Å². The first-order valence-corrected chi connectivity index (χ1v) is 8.90. The standard InChI is InChI=1S/C18H15Cl2N5O3/c1-11-16(17(20)24(23-11)10-12-6-2-3-7-13(12)19)18(26)22-21-14-8-4-5-9-15(14)25(27)28/h2-9,21H,10H2,1H3,(H,22,26). The van der Waals surface area contributed by atoms with E-state index in [1.54, 1.807) is 19.1 Å². The van der Waals surface area contributed by atoms with Crippen LogP contribution in [0.2, 0.25) is 10.2 Å². The number of halogens is 2. The van der Waals surface area contributed by atoms with Crippen molar-refractivity contribution in [3.8, 4) is 0 Å². The predicted molar refractivity (Wildman–Crippen MR) is 107 cm³/mol. The molecule has 0 saturated carbocycles. The molecule has 1 aromatic heterocycles. The zero-order valence-corrected chi connectivity index (χ0v) is 16.2. The predicted octanol–water partition coefficient (Wildman–Crippen LogP) is 4.21. The Labute approximate surface area is 170 Å². The number of hydrazine groups is 1. The molecule has 144 valence electrons. The fraction of sp³-hybridized carbons (Fsp3) is 0.111. The number of carbonyl (C=O) groups excluding carboxylic acids is 1. The van der Waals surface area contributed by atoms with Crippen LogP contribution in [-0.2, 0) is 6.54 Å². The number of hydrogen-bond acceptors (Lipinski definition) is 5. The molecule has 1 heterocycles. The second-order valence-corrected chi connectivity index (χ2v) is 6.62. The molecule has 10 heteroatoms. The van der Waals surface area contributed by atoms with E-state index in [2.05, 4.69) is 16.0 Å². The summed E-state index contributed by atoms with van der Waals surface area (Å²) in [4.78, 5) is 23.1. The van der Waals surface area contributed by atoms with Gasteiger partial charge in [0.2, 0.25) is 0 Å². The van der Waals surface area contributed by atoms with Gasteiger partial charge in [0.1, 0.15) is 16.4 Å². The van der Waals surface area contributed by atoms with Gasteiger partial charge in [-0.3, -0.25) is 25.8 Å². The molecule has 28 heavy (non-hydrogen) atoms. The maximum atomic E-state index is 12.6. The number of amides is 1. The number of aromatic nitrogens is 2. The zero-order valence-electron chi connectivity index (χ0n) is 14.6. The van der Waals surface area contributed by atoms with Crippen molar-refractivity contribution in [2.75, 3.05) is 5.43 Å². The Morgan fingerprint density at radius 3 is 2.57 bits per heavy atom. The number of rotatable bonds is 6. The molecule has 0 radical (unpaired) electrons. The molecule has 0 aliphatic rings. The second-order valence-electron chi connectivity index (χ2n) is 5.85. The van der Waals surface area contributed by atoms with Crippen LogP contribution in [0.15, 0.2) is 48.5 Å². The van der Waals surface area contributed by atoms with E-state index in [4.69, 9.17) is 23.2 Å². The number of carbonyl (C=O) groups is 1. The molecule has 0 bridgehead atoms. The summed E-state index contributed by atoms with van der Waals surface area (Å²) >= 11 is 12.5. The Morgan fingerprint density at radius 1 is 1.18 bits per heavy atom. The van der Waals surface area contributed by atoms with E-state index < -0.39 is 10.8 Å². The average molecular weight is 420 g/mol. The van der Waals surface area contributed by atoms with Crippen LogP contribution in [0.3, 0.4) is 0 Å². The molecule has 1 amide bonds. The molecule has 3 rings (SSSR count). The second kappa shape index (κ2) is 8.28. The highest BCUT2D eigenvalue weighted by atomic mass is 35.5. The number of nitro benzene ring substituents is 1. The molecule has 2 N–H and O–H groups in total. The number of para-hydroxylation sites is 2. The minimum absolute atomic E-state index is 0.138. The first-order valence-electron chi connectivity index (χ1n) is 8.14. The summed E-state index contributed by atoms with van der Waals surface area (Å²) < 4.78 is 1.47. The van der Waals surface area contributed by atoms with Crippen LogP contribution in [0.25, 0.3) is 0 Å². The fourth-order valence-corrected chi connectivity index (χ4v) is 3.14.